The van der Waals surface area contributed by atoms with E-state index in [1.54, 1.807) is 19.2 Å². The number of methoxy groups -OCH3 is 1. The van der Waals surface area contributed by atoms with Gasteiger partial charge in [0.2, 0.25) is 0 Å². The van der Waals surface area contributed by atoms with E-state index in [-0.39, 0.29) is 5.82 Å². The van der Waals surface area contributed by atoms with Gasteiger partial charge in [-0.1, -0.05) is 38.3 Å². The molecule has 0 bridgehead atoms. The molecule has 1 atom stereocenters. The van der Waals surface area contributed by atoms with Crippen LogP contribution in [0.4, 0.5) is 4.39 Å². The Hall–Kier alpha value is -0.930. The first-order valence-electron chi connectivity index (χ1n) is 7.70. The van der Waals surface area contributed by atoms with Crippen molar-refractivity contribution in [3.63, 3.8) is 0 Å². The minimum atomic E-state index is -0.137. The quantitative estimate of drug-likeness (QED) is 0.623. The lowest BCUT2D eigenvalue weighted by Gasteiger charge is -2.18. The highest BCUT2D eigenvalue weighted by Crippen LogP contribution is 2.16. The van der Waals surface area contributed by atoms with Crippen LogP contribution in [0.15, 0.2) is 24.3 Å². The van der Waals surface area contributed by atoms with Gasteiger partial charge in [-0.2, -0.15) is 0 Å². The van der Waals surface area contributed by atoms with Crippen LogP contribution in [0.5, 0.6) is 0 Å². The Morgan fingerprint density at radius 2 is 2.15 bits per heavy atom. The molecule has 3 heteroatoms. The molecule has 0 amide bonds. The van der Waals surface area contributed by atoms with Gasteiger partial charge in [-0.15, -0.1) is 0 Å². The van der Waals surface area contributed by atoms with Gasteiger partial charge < -0.3 is 10.1 Å². The van der Waals surface area contributed by atoms with Crippen molar-refractivity contribution in [1.82, 2.24) is 5.32 Å². The standard InChI is InChI=1S/C17H28FNO/c1-3-4-5-7-16(14-19-10-11-20-2)12-15-8-6-9-17(18)13-15/h6,8-9,13,16,19H,3-5,7,10-12,14H2,1-2H3. The van der Waals surface area contributed by atoms with Crippen LogP contribution in [0.3, 0.4) is 0 Å². The van der Waals surface area contributed by atoms with Crippen LogP contribution in [-0.2, 0) is 11.2 Å². The van der Waals surface area contributed by atoms with E-state index >= 15 is 0 Å². The van der Waals surface area contributed by atoms with Crippen molar-refractivity contribution in [2.45, 2.75) is 39.0 Å². The molecule has 0 radical (unpaired) electrons. The van der Waals surface area contributed by atoms with Gasteiger partial charge in [0, 0.05) is 13.7 Å². The number of unbranched alkanes of at least 4 members (excludes halogenated alkanes) is 2. The number of rotatable bonds is 11. The summed E-state index contributed by atoms with van der Waals surface area (Å²) in [7, 11) is 1.72. The molecule has 0 spiro atoms. The predicted molar refractivity (Wildman–Crippen MR) is 82.5 cm³/mol. The van der Waals surface area contributed by atoms with Gasteiger partial charge >= 0.3 is 0 Å². The molecule has 0 fully saturated rings. The van der Waals surface area contributed by atoms with Crippen molar-refractivity contribution in [1.29, 1.82) is 0 Å². The van der Waals surface area contributed by atoms with E-state index in [2.05, 4.69) is 12.2 Å². The summed E-state index contributed by atoms with van der Waals surface area (Å²) in [6.45, 7) is 4.81. The number of nitrogens with one attached hydrogen (secondary N) is 1. The first-order chi connectivity index (χ1) is 9.76. The molecule has 0 aromatic heterocycles. The summed E-state index contributed by atoms with van der Waals surface area (Å²) >= 11 is 0. The van der Waals surface area contributed by atoms with E-state index in [9.17, 15) is 4.39 Å². The molecule has 1 aromatic carbocycles. The zero-order valence-corrected chi connectivity index (χ0v) is 12.8. The SMILES string of the molecule is CCCCCC(CNCCOC)Cc1cccc(F)c1. The fourth-order valence-electron chi connectivity index (χ4n) is 2.44. The second-order valence-corrected chi connectivity index (χ2v) is 5.39. The Bertz CT molecular complexity index is 357. The summed E-state index contributed by atoms with van der Waals surface area (Å²) in [6, 6.07) is 6.98. The second kappa shape index (κ2) is 10.8. The molecule has 0 saturated carbocycles. The Morgan fingerprint density at radius 3 is 2.85 bits per heavy atom. The van der Waals surface area contributed by atoms with Crippen LogP contribution in [0, 0.1) is 11.7 Å². The lowest BCUT2D eigenvalue weighted by atomic mass is 9.93. The molecule has 114 valence electrons. The summed E-state index contributed by atoms with van der Waals surface area (Å²) in [5.41, 5.74) is 1.10. The molecule has 20 heavy (non-hydrogen) atoms. The van der Waals surface area contributed by atoms with Crippen molar-refractivity contribution in [3.05, 3.63) is 35.6 Å². The maximum atomic E-state index is 13.2. The molecule has 1 aromatic rings. The zero-order chi connectivity index (χ0) is 14.6. The molecule has 0 aliphatic carbocycles. The average molecular weight is 281 g/mol. The molecule has 0 saturated heterocycles. The van der Waals surface area contributed by atoms with Crippen molar-refractivity contribution in [2.24, 2.45) is 5.92 Å². The van der Waals surface area contributed by atoms with E-state index in [0.717, 1.165) is 31.7 Å². The summed E-state index contributed by atoms with van der Waals surface area (Å²) in [4.78, 5) is 0. The van der Waals surface area contributed by atoms with Gasteiger partial charge in [0.05, 0.1) is 6.61 Å². The molecule has 0 aliphatic rings. The lowest BCUT2D eigenvalue weighted by molar-refractivity contribution is 0.197. The average Bonchev–Trinajstić information content (AvgIpc) is 2.43. The highest BCUT2D eigenvalue weighted by molar-refractivity contribution is 5.16. The summed E-state index contributed by atoms with van der Waals surface area (Å²) in [5, 5.41) is 3.43. The van der Waals surface area contributed by atoms with Crippen LogP contribution in [0.25, 0.3) is 0 Å². The van der Waals surface area contributed by atoms with Gasteiger partial charge in [0.15, 0.2) is 0 Å². The van der Waals surface area contributed by atoms with Gasteiger partial charge in [0.25, 0.3) is 0 Å². The van der Waals surface area contributed by atoms with Crippen molar-refractivity contribution in [3.8, 4) is 0 Å². The smallest absolute Gasteiger partial charge is 0.123 e. The summed E-state index contributed by atoms with van der Waals surface area (Å²) in [5.74, 6) is 0.433. The van der Waals surface area contributed by atoms with Gasteiger partial charge in [0.1, 0.15) is 5.82 Å². The molecule has 1 unspecified atom stereocenters. The summed E-state index contributed by atoms with van der Waals surface area (Å²) in [6.07, 6.45) is 5.91. The van der Waals surface area contributed by atoms with Gasteiger partial charge in [-0.25, -0.2) is 4.39 Å². The number of benzene rings is 1. The third kappa shape index (κ3) is 7.61. The number of hydrogen-bond acceptors (Lipinski definition) is 2. The van der Waals surface area contributed by atoms with Crippen LogP contribution in [0.1, 0.15) is 38.2 Å². The fourth-order valence-corrected chi connectivity index (χ4v) is 2.44. The fraction of sp³-hybridized carbons (Fsp3) is 0.647. The predicted octanol–water partition coefficient (Wildman–Crippen LogP) is 3.80. The second-order valence-electron chi connectivity index (χ2n) is 5.39. The number of ether oxygens (including phenoxy) is 1. The lowest BCUT2D eigenvalue weighted by Crippen LogP contribution is -2.27. The van der Waals surface area contributed by atoms with E-state index in [0.29, 0.717) is 5.92 Å². The third-order valence-electron chi connectivity index (χ3n) is 3.55. The Morgan fingerprint density at radius 1 is 1.30 bits per heavy atom. The van der Waals surface area contributed by atoms with Crippen LogP contribution in [0.2, 0.25) is 0 Å². The first-order valence-corrected chi connectivity index (χ1v) is 7.70. The van der Waals surface area contributed by atoms with Gasteiger partial charge in [-0.05, 0) is 43.0 Å². The van der Waals surface area contributed by atoms with Crippen molar-refractivity contribution < 1.29 is 9.13 Å². The molecule has 1 N–H and O–H groups in total. The zero-order valence-electron chi connectivity index (χ0n) is 12.8. The van der Waals surface area contributed by atoms with E-state index in [1.807, 2.05) is 6.07 Å². The minimum Gasteiger partial charge on any atom is -0.383 e. The minimum absolute atomic E-state index is 0.137. The number of hydrogen-bond donors (Lipinski definition) is 1. The molecule has 2 nitrogen and oxygen atoms in total. The van der Waals surface area contributed by atoms with E-state index in [1.165, 1.54) is 31.7 Å². The Labute approximate surface area is 122 Å². The highest BCUT2D eigenvalue weighted by Gasteiger charge is 2.10. The monoisotopic (exact) mass is 281 g/mol. The highest BCUT2D eigenvalue weighted by atomic mass is 19.1. The van der Waals surface area contributed by atoms with Gasteiger partial charge in [-0.3, -0.25) is 0 Å². The maximum Gasteiger partial charge on any atom is 0.123 e. The van der Waals surface area contributed by atoms with E-state index in [4.69, 9.17) is 4.74 Å². The number of halogens is 1. The normalized spacial score (nSPS) is 12.6. The Balaban J connectivity index is 2.43. The van der Waals surface area contributed by atoms with Crippen molar-refractivity contribution >= 4 is 0 Å². The molecular weight excluding hydrogens is 253 g/mol. The van der Waals surface area contributed by atoms with E-state index < -0.39 is 0 Å². The van der Waals surface area contributed by atoms with Crippen LogP contribution >= 0.6 is 0 Å². The Kier molecular flexibility index (Phi) is 9.25. The van der Waals surface area contributed by atoms with Crippen molar-refractivity contribution in [2.75, 3.05) is 26.8 Å². The molecule has 0 heterocycles. The molecule has 1 rings (SSSR count). The van der Waals surface area contributed by atoms with Crippen LogP contribution < -0.4 is 5.32 Å². The molecule has 0 aliphatic heterocycles. The topological polar surface area (TPSA) is 21.3 Å². The molecular formula is C17H28FNO. The maximum absolute atomic E-state index is 13.2. The summed E-state index contributed by atoms with van der Waals surface area (Å²) < 4.78 is 18.3. The largest absolute Gasteiger partial charge is 0.383 e. The first kappa shape index (κ1) is 17.1. The third-order valence-corrected chi connectivity index (χ3v) is 3.55. The van der Waals surface area contributed by atoms with Crippen LogP contribution in [-0.4, -0.2) is 26.8 Å².